The summed E-state index contributed by atoms with van der Waals surface area (Å²) in [5.41, 5.74) is 0.564. The predicted octanol–water partition coefficient (Wildman–Crippen LogP) is 5.08. The van der Waals surface area contributed by atoms with Crippen molar-refractivity contribution in [1.82, 2.24) is 0 Å². The van der Waals surface area contributed by atoms with Gasteiger partial charge in [-0.15, -0.1) is 0 Å². The van der Waals surface area contributed by atoms with E-state index in [2.05, 4.69) is 33.8 Å². The van der Waals surface area contributed by atoms with Gasteiger partial charge in [-0.2, -0.15) is 5.26 Å². The van der Waals surface area contributed by atoms with Crippen LogP contribution < -0.4 is 0 Å². The van der Waals surface area contributed by atoms with Crippen molar-refractivity contribution in [2.75, 3.05) is 6.61 Å². The molecule has 0 aromatic rings. The van der Waals surface area contributed by atoms with Crippen LogP contribution in [0.3, 0.4) is 0 Å². The number of ether oxygens (including phenoxy) is 1. The van der Waals surface area contributed by atoms with E-state index in [-0.39, 0.29) is 11.0 Å². The van der Waals surface area contributed by atoms with E-state index in [4.69, 9.17) is 10.00 Å². The van der Waals surface area contributed by atoms with Crippen molar-refractivity contribution < 1.29 is 4.74 Å². The van der Waals surface area contributed by atoms with Crippen molar-refractivity contribution in [3.63, 3.8) is 0 Å². The molecule has 2 unspecified atom stereocenters. The average Bonchev–Trinajstić information content (AvgIpc) is 2.45. The van der Waals surface area contributed by atoms with E-state index in [1.165, 1.54) is 25.7 Å². The van der Waals surface area contributed by atoms with Crippen LogP contribution in [-0.4, -0.2) is 12.2 Å². The fourth-order valence-corrected chi connectivity index (χ4v) is 4.78. The molecule has 3 atom stereocenters. The van der Waals surface area contributed by atoms with Gasteiger partial charge in [-0.3, -0.25) is 0 Å². The lowest BCUT2D eigenvalue weighted by Gasteiger charge is -2.47. The van der Waals surface area contributed by atoms with E-state index < -0.39 is 0 Å². The number of hydrogen-bond donors (Lipinski definition) is 0. The summed E-state index contributed by atoms with van der Waals surface area (Å²) in [6, 6.07) is 2.40. The van der Waals surface area contributed by atoms with E-state index in [1.54, 1.807) is 0 Å². The van der Waals surface area contributed by atoms with E-state index in [0.29, 0.717) is 11.8 Å². The molecule has 20 heavy (non-hydrogen) atoms. The van der Waals surface area contributed by atoms with E-state index >= 15 is 0 Å². The Morgan fingerprint density at radius 2 is 1.95 bits per heavy atom. The van der Waals surface area contributed by atoms with Gasteiger partial charge in [0, 0.05) is 13.0 Å². The van der Waals surface area contributed by atoms with Gasteiger partial charge in [-0.05, 0) is 55.3 Å². The molecule has 0 amide bonds. The van der Waals surface area contributed by atoms with Gasteiger partial charge >= 0.3 is 0 Å². The Labute approximate surface area is 124 Å². The van der Waals surface area contributed by atoms with E-state index in [9.17, 15) is 0 Å². The Hall–Kier alpha value is -0.550. The number of hydrogen-bond acceptors (Lipinski definition) is 2. The quantitative estimate of drug-likeness (QED) is 0.705. The maximum atomic E-state index is 9.12. The fraction of sp³-hybridized carbons (Fsp3) is 0.944. The highest BCUT2D eigenvalue weighted by Crippen LogP contribution is 2.52. The first-order valence-electron chi connectivity index (χ1n) is 8.33. The lowest BCUT2D eigenvalue weighted by molar-refractivity contribution is -0.140. The first-order chi connectivity index (χ1) is 9.32. The third-order valence-electron chi connectivity index (χ3n) is 5.60. The molecule has 1 heterocycles. The monoisotopic (exact) mass is 277 g/mol. The molecule has 1 saturated heterocycles. The van der Waals surface area contributed by atoms with Crippen molar-refractivity contribution in [3.05, 3.63) is 0 Å². The standard InChI is InChI=1S/C18H31NO/c1-5-15-6-7-18(13-16(2,3)12-15)14-17(4,8-10-19)9-11-20-18/h15H,5-9,11-14H2,1-4H3/t15?,17-,18?/m0/s1. The Kier molecular flexibility index (Phi) is 4.50. The minimum Gasteiger partial charge on any atom is -0.375 e. The molecule has 2 aliphatic rings. The second kappa shape index (κ2) is 5.68. The molecular formula is C18H31NO. The summed E-state index contributed by atoms with van der Waals surface area (Å²) in [6.45, 7) is 10.3. The van der Waals surface area contributed by atoms with Crippen LogP contribution in [0.5, 0.6) is 0 Å². The number of nitrogens with zero attached hydrogens (tertiary/aromatic N) is 1. The van der Waals surface area contributed by atoms with Gasteiger partial charge in [-0.1, -0.05) is 34.1 Å². The number of rotatable bonds is 2. The molecule has 1 aliphatic carbocycles. The zero-order valence-electron chi connectivity index (χ0n) is 13.8. The highest BCUT2D eigenvalue weighted by molar-refractivity contribution is 5.00. The van der Waals surface area contributed by atoms with Crippen LogP contribution in [0.4, 0.5) is 0 Å². The summed E-state index contributed by atoms with van der Waals surface area (Å²) in [4.78, 5) is 0. The molecule has 1 aliphatic heterocycles. The average molecular weight is 277 g/mol. The van der Waals surface area contributed by atoms with Crippen molar-refractivity contribution in [2.45, 2.75) is 84.7 Å². The second-order valence-corrected chi connectivity index (χ2v) is 8.46. The lowest BCUT2D eigenvalue weighted by atomic mass is 9.67. The molecule has 2 rings (SSSR count). The smallest absolute Gasteiger partial charge is 0.0693 e. The minimum absolute atomic E-state index is 0.0390. The number of nitriles is 1. The van der Waals surface area contributed by atoms with E-state index in [1.807, 2.05) is 0 Å². The molecule has 0 aromatic carbocycles. The predicted molar refractivity (Wildman–Crippen MR) is 82.3 cm³/mol. The molecule has 114 valence electrons. The zero-order valence-corrected chi connectivity index (χ0v) is 13.8. The van der Waals surface area contributed by atoms with Gasteiger partial charge in [-0.25, -0.2) is 0 Å². The van der Waals surface area contributed by atoms with Crippen LogP contribution >= 0.6 is 0 Å². The molecule has 2 fully saturated rings. The van der Waals surface area contributed by atoms with E-state index in [0.717, 1.165) is 31.8 Å². The Balaban J connectivity index is 2.18. The molecule has 0 bridgehead atoms. The molecule has 0 N–H and O–H groups in total. The van der Waals surface area contributed by atoms with Crippen LogP contribution in [-0.2, 0) is 4.74 Å². The fourth-order valence-electron chi connectivity index (χ4n) is 4.78. The van der Waals surface area contributed by atoms with Gasteiger partial charge in [0.15, 0.2) is 0 Å². The molecule has 1 saturated carbocycles. The first kappa shape index (κ1) is 15.8. The summed E-state index contributed by atoms with van der Waals surface area (Å²) < 4.78 is 6.35. The lowest BCUT2D eigenvalue weighted by Crippen LogP contribution is -2.46. The van der Waals surface area contributed by atoms with Crippen LogP contribution in [0, 0.1) is 28.1 Å². The largest absolute Gasteiger partial charge is 0.375 e. The van der Waals surface area contributed by atoms with Crippen LogP contribution in [0.2, 0.25) is 0 Å². The van der Waals surface area contributed by atoms with Crippen molar-refractivity contribution in [3.8, 4) is 6.07 Å². The first-order valence-corrected chi connectivity index (χ1v) is 8.33. The Morgan fingerprint density at radius 1 is 1.20 bits per heavy atom. The maximum absolute atomic E-state index is 9.12. The highest BCUT2D eigenvalue weighted by Gasteiger charge is 2.47. The maximum Gasteiger partial charge on any atom is 0.0693 e. The zero-order chi connectivity index (χ0) is 14.9. The van der Waals surface area contributed by atoms with Gasteiger partial charge in [0.1, 0.15) is 0 Å². The molecule has 0 radical (unpaired) electrons. The second-order valence-electron chi connectivity index (χ2n) is 8.46. The minimum atomic E-state index is 0.0390. The Morgan fingerprint density at radius 3 is 2.60 bits per heavy atom. The van der Waals surface area contributed by atoms with Crippen molar-refractivity contribution in [2.24, 2.45) is 16.7 Å². The topological polar surface area (TPSA) is 33.0 Å². The normalized spacial score (nSPS) is 41.0. The summed E-state index contributed by atoms with van der Waals surface area (Å²) in [6.07, 6.45) is 9.05. The summed E-state index contributed by atoms with van der Waals surface area (Å²) >= 11 is 0. The van der Waals surface area contributed by atoms with Gasteiger partial charge in [0.25, 0.3) is 0 Å². The van der Waals surface area contributed by atoms with Crippen molar-refractivity contribution >= 4 is 0 Å². The molecule has 0 aromatic heterocycles. The van der Waals surface area contributed by atoms with Gasteiger partial charge in [0.05, 0.1) is 11.7 Å². The van der Waals surface area contributed by atoms with Crippen LogP contribution in [0.25, 0.3) is 0 Å². The summed E-state index contributed by atoms with van der Waals surface area (Å²) in [5, 5.41) is 9.12. The SMILES string of the molecule is CCC1CCC2(CC(C)(C)C1)C[C@@](C)(CC#N)CCO2. The van der Waals surface area contributed by atoms with Gasteiger partial charge in [0.2, 0.25) is 0 Å². The van der Waals surface area contributed by atoms with Crippen LogP contribution in [0.1, 0.15) is 79.1 Å². The molecule has 1 spiro atoms. The molecule has 2 heteroatoms. The molecule has 2 nitrogen and oxygen atoms in total. The highest BCUT2D eigenvalue weighted by atomic mass is 16.5. The van der Waals surface area contributed by atoms with Crippen LogP contribution in [0.15, 0.2) is 0 Å². The summed E-state index contributed by atoms with van der Waals surface area (Å²) in [7, 11) is 0. The Bertz CT molecular complexity index is 383. The van der Waals surface area contributed by atoms with Crippen molar-refractivity contribution in [1.29, 1.82) is 5.26 Å². The summed E-state index contributed by atoms with van der Waals surface area (Å²) in [5.74, 6) is 0.845. The third-order valence-corrected chi connectivity index (χ3v) is 5.60. The van der Waals surface area contributed by atoms with Gasteiger partial charge < -0.3 is 4.74 Å². The molecular weight excluding hydrogens is 246 g/mol. The third kappa shape index (κ3) is 3.55.